The Morgan fingerprint density at radius 2 is 0.938 bits per heavy atom. The molecular weight excluding hydrogens is 676 g/mol. The van der Waals surface area contributed by atoms with Gasteiger partial charge in [0.15, 0.2) is 0 Å². The molecule has 0 bridgehead atoms. The van der Waals surface area contributed by atoms with Gasteiger partial charge in [0.25, 0.3) is 0 Å². The maximum absolute atomic E-state index is 13.2. The van der Waals surface area contributed by atoms with Gasteiger partial charge in [-0.3, -0.25) is 28.8 Å². The van der Waals surface area contributed by atoms with E-state index < -0.39 is 135 Å². The minimum absolute atomic E-state index is 0.0380. The minimum Gasteiger partial charge on any atom is -0.480 e. The summed E-state index contributed by atoms with van der Waals surface area (Å²) >= 11 is 0. The van der Waals surface area contributed by atoms with Gasteiger partial charge in [0.05, 0.1) is 0 Å². The zero-order valence-electron chi connectivity index (χ0n) is 33.7. The van der Waals surface area contributed by atoms with Crippen molar-refractivity contribution in [3.05, 3.63) is 0 Å². The summed E-state index contributed by atoms with van der Waals surface area (Å²) in [7, 11) is 1.56. The fourth-order valence-corrected chi connectivity index (χ4v) is 5.85. The number of nitrogens with one attached hydrogen (secondary N) is 4. The Balaban J connectivity index is 6.12. The first-order chi connectivity index (χ1) is 25.7. The van der Waals surface area contributed by atoms with Gasteiger partial charge in [-0.05, 0) is 38.5 Å². The number of carboxylic acids is 4. The van der Waals surface area contributed by atoms with Crippen LogP contribution in [0.3, 0.4) is 0 Å². The standard InChI is InChI=1S/C28H48N6O12S2/c1-3-7-17(27(43)44)33-23(37)19(31-21(35)11-5-9-15(29)25(39)40)13-47-48-14-20(24(38)34-18(8-4-2)28(45)46)32-22(36)12-6-10-16(30)26(41)42/h15-20H,3-14,29-30H2,1-2H3,(H,31,35)(H,32,36)(H,33,37)(H,34,38)(H,39,40)(H,41,42)(H,43,44)(H,45,46)/t15-,16-,17+,18+,19-,20-/m0/s1/i1D2,2D2,3D2,4D2. The molecule has 6 atom stereocenters. The van der Waals surface area contributed by atoms with Crippen LogP contribution in [0, 0.1) is 0 Å². The number of aliphatic carboxylic acids is 4. The lowest BCUT2D eigenvalue weighted by Crippen LogP contribution is -2.53. The molecule has 0 unspecified atom stereocenters. The van der Waals surface area contributed by atoms with Gasteiger partial charge in [-0.1, -0.05) is 48.1 Å². The maximum Gasteiger partial charge on any atom is 0.326 e. The number of rotatable bonds is 27. The number of nitrogens with two attached hydrogens (primary N) is 2. The third-order valence-corrected chi connectivity index (χ3v) is 8.62. The zero-order valence-corrected chi connectivity index (χ0v) is 27.3. The van der Waals surface area contributed by atoms with Crippen LogP contribution in [0.1, 0.15) is 88.8 Å². The largest absolute Gasteiger partial charge is 0.480 e. The van der Waals surface area contributed by atoms with E-state index in [-0.39, 0.29) is 38.5 Å². The molecule has 0 aromatic heterocycles. The lowest BCUT2D eigenvalue weighted by atomic mass is 10.1. The Bertz CT molecular complexity index is 1290. The van der Waals surface area contributed by atoms with Crippen molar-refractivity contribution in [1.82, 2.24) is 21.3 Å². The second-order valence-corrected chi connectivity index (χ2v) is 12.7. The predicted molar refractivity (Wildman–Crippen MR) is 177 cm³/mol. The highest BCUT2D eigenvalue weighted by molar-refractivity contribution is 8.76. The molecule has 20 heteroatoms. The first-order valence-corrected chi connectivity index (χ1v) is 16.8. The average molecular weight is 733 g/mol. The van der Waals surface area contributed by atoms with Gasteiger partial charge >= 0.3 is 23.9 Å². The number of carbonyl (C=O) groups excluding carboxylic acids is 4. The quantitative estimate of drug-likeness (QED) is 0.0366. The molecule has 0 aliphatic rings. The van der Waals surface area contributed by atoms with Crippen LogP contribution in [-0.4, -0.2) is 116 Å². The molecule has 0 heterocycles. The van der Waals surface area contributed by atoms with Crippen molar-refractivity contribution in [2.45, 2.75) is 114 Å². The van der Waals surface area contributed by atoms with Gasteiger partial charge in [0, 0.05) is 35.3 Å². The van der Waals surface area contributed by atoms with Crippen molar-refractivity contribution in [2.75, 3.05) is 11.5 Å². The molecule has 0 saturated carbocycles. The van der Waals surface area contributed by atoms with Crippen molar-refractivity contribution in [2.24, 2.45) is 11.5 Å². The van der Waals surface area contributed by atoms with Gasteiger partial charge in [-0.25, -0.2) is 9.59 Å². The first-order valence-electron chi connectivity index (χ1n) is 18.6. The van der Waals surface area contributed by atoms with Crippen molar-refractivity contribution in [1.29, 1.82) is 0 Å². The molecule has 0 aliphatic carbocycles. The Morgan fingerprint density at radius 3 is 1.23 bits per heavy atom. The second-order valence-electron chi connectivity index (χ2n) is 10.1. The van der Waals surface area contributed by atoms with E-state index in [9.17, 15) is 48.6 Å². The van der Waals surface area contributed by atoms with Crippen molar-refractivity contribution in [3.63, 3.8) is 0 Å². The van der Waals surface area contributed by atoms with Crippen molar-refractivity contribution < 1.29 is 69.7 Å². The summed E-state index contributed by atoms with van der Waals surface area (Å²) in [5, 5.41) is 45.9. The van der Waals surface area contributed by atoms with Crippen LogP contribution >= 0.6 is 21.6 Å². The summed E-state index contributed by atoms with van der Waals surface area (Å²) in [6.45, 7) is -4.26. The maximum atomic E-state index is 13.2. The van der Waals surface area contributed by atoms with E-state index in [2.05, 4.69) is 10.6 Å². The van der Waals surface area contributed by atoms with Crippen LogP contribution < -0.4 is 32.7 Å². The van der Waals surface area contributed by atoms with Crippen LogP contribution in [0.4, 0.5) is 0 Å². The smallest absolute Gasteiger partial charge is 0.326 e. The second kappa shape index (κ2) is 24.5. The molecule has 0 rings (SSSR count). The summed E-state index contributed by atoms with van der Waals surface area (Å²) < 4.78 is 60.3. The van der Waals surface area contributed by atoms with Gasteiger partial charge < -0.3 is 53.2 Å². The Morgan fingerprint density at radius 1 is 0.583 bits per heavy atom. The van der Waals surface area contributed by atoms with Crippen molar-refractivity contribution in [3.8, 4) is 0 Å². The fraction of sp³-hybridized carbons (Fsp3) is 0.714. The summed E-state index contributed by atoms with van der Waals surface area (Å²) in [5.74, 6) is -10.8. The molecule has 0 fully saturated rings. The van der Waals surface area contributed by atoms with E-state index in [0.29, 0.717) is 0 Å². The third-order valence-electron chi connectivity index (χ3n) is 6.20. The summed E-state index contributed by atoms with van der Waals surface area (Å²) in [4.78, 5) is 97.5. The number of carbonyl (C=O) groups is 8. The van der Waals surface area contributed by atoms with E-state index in [1.54, 1.807) is 0 Å². The molecule has 0 aromatic rings. The molecule has 18 nitrogen and oxygen atoms in total. The van der Waals surface area contributed by atoms with Crippen LogP contribution in [0.25, 0.3) is 0 Å². The summed E-state index contributed by atoms with van der Waals surface area (Å²) in [5.41, 5.74) is 10.9. The molecule has 0 radical (unpaired) electrons. The first kappa shape index (κ1) is 31.6. The SMILES string of the molecule is [2H]C([2H])C([2H])([2H])C[C@@H](NC(=O)[C@H](CSSC[C@H](NC(=O)CCC[C@H](N)C(=O)O)C(=O)N[C@H](CC([2H])([2H])C([2H])[2H])C(=O)O)NC(=O)CCC[C@H](N)C(=O)O)C(=O)O. The predicted octanol–water partition coefficient (Wildman–Crippen LogP) is -0.759. The number of hydrogen-bond acceptors (Lipinski definition) is 12. The van der Waals surface area contributed by atoms with Crippen LogP contribution in [-0.2, 0) is 38.4 Å². The lowest BCUT2D eigenvalue weighted by molar-refractivity contribution is -0.142. The average Bonchev–Trinajstić information content (AvgIpc) is 3.07. The molecule has 12 N–H and O–H groups in total. The van der Waals surface area contributed by atoms with Gasteiger partial charge in [0.2, 0.25) is 23.6 Å². The summed E-state index contributed by atoms with van der Waals surface area (Å²) in [6, 6.07) is -9.61. The van der Waals surface area contributed by atoms with Crippen molar-refractivity contribution >= 4 is 69.1 Å². The van der Waals surface area contributed by atoms with Crippen LogP contribution in [0.15, 0.2) is 0 Å². The minimum atomic E-state index is -2.68. The summed E-state index contributed by atoms with van der Waals surface area (Å²) in [6.07, 6.45) is -8.34. The molecule has 274 valence electrons. The molecule has 48 heavy (non-hydrogen) atoms. The zero-order chi connectivity index (χ0) is 43.6. The molecule has 0 aliphatic heterocycles. The van der Waals surface area contributed by atoms with E-state index in [4.69, 9.17) is 32.6 Å². The molecular formula is C28H48N6O12S2. The topological polar surface area (TPSA) is 318 Å². The van der Waals surface area contributed by atoms with Crippen LogP contribution in [0.2, 0.25) is 0 Å². The van der Waals surface area contributed by atoms with E-state index in [1.807, 2.05) is 10.6 Å². The number of carboxylic acid groups (broad SMARTS) is 4. The van der Waals surface area contributed by atoms with E-state index in [0.717, 1.165) is 21.6 Å². The van der Waals surface area contributed by atoms with E-state index in [1.165, 1.54) is 0 Å². The monoisotopic (exact) mass is 732 g/mol. The van der Waals surface area contributed by atoms with Gasteiger partial charge in [-0.2, -0.15) is 0 Å². The normalized spacial score (nSPS) is 17.8. The highest BCUT2D eigenvalue weighted by Gasteiger charge is 2.29. The Kier molecular flexibility index (Phi) is 16.2. The highest BCUT2D eigenvalue weighted by Crippen LogP contribution is 2.24. The third kappa shape index (κ3) is 19.3. The fourth-order valence-electron chi connectivity index (χ4n) is 3.52. The van der Waals surface area contributed by atoms with E-state index >= 15 is 0 Å². The van der Waals surface area contributed by atoms with Gasteiger partial charge in [-0.15, -0.1) is 0 Å². The number of amides is 4. The molecule has 4 amide bonds. The highest BCUT2D eigenvalue weighted by atomic mass is 33.1. The van der Waals surface area contributed by atoms with Crippen LogP contribution in [0.5, 0.6) is 0 Å². The lowest BCUT2D eigenvalue weighted by Gasteiger charge is -2.22. The Hall–Kier alpha value is -3.62. The molecule has 0 aromatic carbocycles. The Labute approximate surface area is 297 Å². The van der Waals surface area contributed by atoms with Gasteiger partial charge in [0.1, 0.15) is 36.3 Å². The molecule has 0 spiro atoms. The molecule has 0 saturated heterocycles. The number of hydrogen-bond donors (Lipinski definition) is 10.